The van der Waals surface area contributed by atoms with Gasteiger partial charge in [-0.25, -0.2) is 4.79 Å². The fourth-order valence-corrected chi connectivity index (χ4v) is 3.96. The first-order valence-electron chi connectivity index (χ1n) is 8.35. The minimum atomic E-state index is -0.427. The second-order valence-corrected chi connectivity index (χ2v) is 7.74. The molecule has 0 atom stereocenters. The number of esters is 1. The van der Waals surface area contributed by atoms with Crippen molar-refractivity contribution in [3.05, 3.63) is 44.2 Å². The third-order valence-corrected chi connectivity index (χ3v) is 5.62. The first-order chi connectivity index (χ1) is 12.4. The Bertz CT molecular complexity index is 816. The summed E-state index contributed by atoms with van der Waals surface area (Å²) in [5, 5.41) is 3.26. The van der Waals surface area contributed by atoms with Gasteiger partial charge >= 0.3 is 5.97 Å². The molecule has 2 aromatic rings. The van der Waals surface area contributed by atoms with Crippen molar-refractivity contribution in [2.75, 3.05) is 18.5 Å². The van der Waals surface area contributed by atoms with Gasteiger partial charge in [-0.3, -0.25) is 4.79 Å². The van der Waals surface area contributed by atoms with Crippen LogP contribution in [0.1, 0.15) is 40.2 Å². The minimum absolute atomic E-state index is 0.150. The molecule has 0 bridgehead atoms. The zero-order valence-electron chi connectivity index (χ0n) is 15.3. The highest BCUT2D eigenvalue weighted by Crippen LogP contribution is 2.33. The lowest BCUT2D eigenvalue weighted by molar-refractivity contribution is -0.118. The van der Waals surface area contributed by atoms with Gasteiger partial charge in [-0.05, 0) is 66.4 Å². The highest BCUT2D eigenvalue weighted by Gasteiger charge is 2.22. The number of hydrogen-bond donors (Lipinski definition) is 1. The van der Waals surface area contributed by atoms with Gasteiger partial charge in [0.2, 0.25) is 0 Å². The highest BCUT2D eigenvalue weighted by molar-refractivity contribution is 9.10. The normalized spacial score (nSPS) is 10.5. The maximum Gasteiger partial charge on any atom is 0.341 e. The van der Waals surface area contributed by atoms with Gasteiger partial charge in [-0.1, -0.05) is 13.0 Å². The Morgan fingerprint density at radius 1 is 1.23 bits per heavy atom. The molecule has 1 N–H and O–H groups in total. The molecule has 0 aliphatic heterocycles. The van der Waals surface area contributed by atoms with E-state index < -0.39 is 5.97 Å². The van der Waals surface area contributed by atoms with E-state index in [2.05, 4.69) is 28.2 Å². The van der Waals surface area contributed by atoms with Crippen LogP contribution < -0.4 is 10.1 Å². The largest absolute Gasteiger partial charge is 0.483 e. The summed E-state index contributed by atoms with van der Waals surface area (Å²) < 4.78 is 11.5. The molecule has 1 aromatic heterocycles. The van der Waals surface area contributed by atoms with Crippen LogP contribution >= 0.6 is 27.3 Å². The highest BCUT2D eigenvalue weighted by atomic mass is 79.9. The van der Waals surface area contributed by atoms with Gasteiger partial charge in [0, 0.05) is 4.88 Å². The summed E-state index contributed by atoms with van der Waals surface area (Å²) in [6, 6.07) is 5.76. The zero-order valence-corrected chi connectivity index (χ0v) is 17.7. The van der Waals surface area contributed by atoms with E-state index in [9.17, 15) is 9.59 Å². The summed E-state index contributed by atoms with van der Waals surface area (Å²) in [5.41, 5.74) is 2.41. The summed E-state index contributed by atoms with van der Waals surface area (Å²) in [6.07, 6.45) is 0.924. The van der Waals surface area contributed by atoms with E-state index in [1.54, 1.807) is 6.92 Å². The van der Waals surface area contributed by atoms with Crippen molar-refractivity contribution in [1.29, 1.82) is 0 Å². The Labute approximate surface area is 165 Å². The van der Waals surface area contributed by atoms with E-state index in [1.807, 2.05) is 32.0 Å². The Morgan fingerprint density at radius 2 is 1.96 bits per heavy atom. The Hall–Kier alpha value is -1.86. The van der Waals surface area contributed by atoms with E-state index in [1.165, 1.54) is 16.9 Å². The predicted molar refractivity (Wildman–Crippen MR) is 107 cm³/mol. The van der Waals surface area contributed by atoms with E-state index in [4.69, 9.17) is 9.47 Å². The number of benzene rings is 1. The molecule has 2 rings (SSSR count). The zero-order chi connectivity index (χ0) is 19.3. The predicted octanol–water partition coefficient (Wildman–Crippen LogP) is 4.88. The number of thiophene rings is 1. The van der Waals surface area contributed by atoms with Crippen LogP contribution in [0.25, 0.3) is 0 Å². The van der Waals surface area contributed by atoms with Crippen LogP contribution in [0.15, 0.2) is 22.7 Å². The van der Waals surface area contributed by atoms with E-state index >= 15 is 0 Å². The summed E-state index contributed by atoms with van der Waals surface area (Å²) in [7, 11) is 0. The first-order valence-corrected chi connectivity index (χ1v) is 9.96. The van der Waals surface area contributed by atoms with Crippen molar-refractivity contribution in [3.63, 3.8) is 0 Å². The van der Waals surface area contributed by atoms with Crippen molar-refractivity contribution < 1.29 is 19.1 Å². The van der Waals surface area contributed by atoms with Crippen molar-refractivity contribution in [1.82, 2.24) is 0 Å². The van der Waals surface area contributed by atoms with Gasteiger partial charge in [-0.15, -0.1) is 11.3 Å². The molecule has 0 saturated heterocycles. The average Bonchev–Trinajstić information content (AvgIpc) is 2.87. The maximum atomic E-state index is 12.3. The maximum absolute atomic E-state index is 12.3. The van der Waals surface area contributed by atoms with Crippen molar-refractivity contribution in [3.8, 4) is 5.75 Å². The van der Waals surface area contributed by atoms with E-state index in [-0.39, 0.29) is 19.1 Å². The molecule has 5 nitrogen and oxygen atoms in total. The van der Waals surface area contributed by atoms with Crippen LogP contribution in [0.4, 0.5) is 5.00 Å². The number of nitrogens with one attached hydrogen (secondary N) is 1. The molecule has 26 heavy (non-hydrogen) atoms. The number of aryl methyl sites for hydroxylation is 2. The number of anilines is 1. The Kier molecular flexibility index (Phi) is 7.23. The molecule has 1 aromatic carbocycles. The summed E-state index contributed by atoms with van der Waals surface area (Å²) in [4.78, 5) is 25.4. The van der Waals surface area contributed by atoms with Crippen molar-refractivity contribution in [2.24, 2.45) is 0 Å². The second-order valence-electron chi connectivity index (χ2n) is 5.66. The lowest BCUT2D eigenvalue weighted by Gasteiger charge is -2.10. The van der Waals surface area contributed by atoms with Crippen molar-refractivity contribution >= 4 is 44.1 Å². The van der Waals surface area contributed by atoms with Gasteiger partial charge < -0.3 is 14.8 Å². The third-order valence-electron chi connectivity index (χ3n) is 3.88. The number of carbonyl (C=O) groups excluding carboxylic acids is 2. The van der Waals surface area contributed by atoms with Crippen LogP contribution in [0, 0.1) is 13.8 Å². The van der Waals surface area contributed by atoms with Crippen LogP contribution in [0.5, 0.6) is 5.75 Å². The number of halogens is 1. The Balaban J connectivity index is 2.06. The van der Waals surface area contributed by atoms with Crippen LogP contribution in [-0.4, -0.2) is 25.1 Å². The number of hydrogen-bond acceptors (Lipinski definition) is 5. The standard InChI is InChI=1S/C19H22BrNO4S/c1-5-13-7-8-15(14(20)9-13)25-10-16(22)21-18-17(19(23)24-6-2)11(3)12(4)26-18/h7-9H,5-6,10H2,1-4H3,(H,21,22). The molecular weight excluding hydrogens is 418 g/mol. The smallest absolute Gasteiger partial charge is 0.341 e. The van der Waals surface area contributed by atoms with Crippen LogP contribution in [0.3, 0.4) is 0 Å². The molecular formula is C19H22BrNO4S. The minimum Gasteiger partial charge on any atom is -0.483 e. The first kappa shape index (κ1) is 20.5. The van der Waals surface area contributed by atoms with Gasteiger partial charge in [0.25, 0.3) is 5.91 Å². The molecule has 1 heterocycles. The van der Waals surface area contributed by atoms with Gasteiger partial charge in [-0.2, -0.15) is 0 Å². The average molecular weight is 440 g/mol. The molecule has 0 fully saturated rings. The number of ether oxygens (including phenoxy) is 2. The summed E-state index contributed by atoms with van der Waals surface area (Å²) in [5.74, 6) is -0.159. The molecule has 7 heteroatoms. The molecule has 0 saturated carbocycles. The molecule has 0 radical (unpaired) electrons. The SMILES string of the molecule is CCOC(=O)c1c(NC(=O)COc2ccc(CC)cc2Br)sc(C)c1C. The molecule has 0 aliphatic rings. The summed E-state index contributed by atoms with van der Waals surface area (Å²) >= 11 is 4.81. The summed E-state index contributed by atoms with van der Waals surface area (Å²) in [6.45, 7) is 7.70. The molecule has 0 aliphatic carbocycles. The third kappa shape index (κ3) is 4.86. The van der Waals surface area contributed by atoms with E-state index in [0.717, 1.165) is 21.3 Å². The number of amides is 1. The number of rotatable bonds is 7. The van der Waals surface area contributed by atoms with Gasteiger partial charge in [0.1, 0.15) is 10.8 Å². The Morgan fingerprint density at radius 3 is 2.58 bits per heavy atom. The van der Waals surface area contributed by atoms with Crippen LogP contribution in [0.2, 0.25) is 0 Å². The number of carbonyl (C=O) groups is 2. The fraction of sp³-hybridized carbons (Fsp3) is 0.368. The lowest BCUT2D eigenvalue weighted by atomic mass is 10.1. The molecule has 0 unspecified atom stereocenters. The van der Waals surface area contributed by atoms with E-state index in [0.29, 0.717) is 16.3 Å². The second kappa shape index (κ2) is 9.19. The quantitative estimate of drug-likeness (QED) is 0.623. The molecule has 0 spiro atoms. The molecule has 140 valence electrons. The van der Waals surface area contributed by atoms with Gasteiger partial charge in [0.15, 0.2) is 6.61 Å². The monoisotopic (exact) mass is 439 g/mol. The lowest BCUT2D eigenvalue weighted by Crippen LogP contribution is -2.21. The van der Waals surface area contributed by atoms with Crippen LogP contribution in [-0.2, 0) is 16.0 Å². The van der Waals surface area contributed by atoms with Crippen molar-refractivity contribution in [2.45, 2.75) is 34.1 Å². The fourth-order valence-electron chi connectivity index (χ4n) is 2.35. The topological polar surface area (TPSA) is 64.6 Å². The van der Waals surface area contributed by atoms with Gasteiger partial charge in [0.05, 0.1) is 16.6 Å². The molecule has 1 amide bonds.